The molecule has 162 valence electrons. The Morgan fingerprint density at radius 1 is 1.00 bits per heavy atom. The molecule has 31 heavy (non-hydrogen) atoms. The van der Waals surface area contributed by atoms with Crippen molar-refractivity contribution in [2.75, 3.05) is 5.32 Å². The number of hydrogen-bond donors (Lipinski definition) is 1. The zero-order valence-electron chi connectivity index (χ0n) is 17.6. The second-order valence-electron chi connectivity index (χ2n) is 7.60. The molecule has 1 N–H and O–H groups in total. The number of nitrogens with one attached hydrogen (secondary N) is 1. The van der Waals surface area contributed by atoms with Crippen molar-refractivity contribution in [1.29, 1.82) is 0 Å². The van der Waals surface area contributed by atoms with Crippen molar-refractivity contribution in [2.45, 2.75) is 39.4 Å². The molecule has 1 unspecified atom stereocenters. The molecule has 3 aromatic rings. The highest BCUT2D eigenvalue weighted by atomic mass is 35.5. The van der Waals surface area contributed by atoms with E-state index in [4.69, 9.17) is 11.6 Å². The number of hydrogen-bond acceptors (Lipinski definition) is 2. The molecule has 0 aliphatic rings. The van der Waals surface area contributed by atoms with Crippen molar-refractivity contribution in [2.24, 2.45) is 0 Å². The van der Waals surface area contributed by atoms with Crippen LogP contribution in [-0.4, -0.2) is 11.2 Å². The number of aromatic nitrogens is 1. The number of allylic oxidation sites excluding steroid dienone is 1. The molecule has 0 fully saturated rings. The molecule has 0 spiro atoms. The van der Waals surface area contributed by atoms with Crippen LogP contribution >= 0.6 is 11.6 Å². The van der Waals surface area contributed by atoms with E-state index in [1.807, 2.05) is 43.3 Å². The lowest BCUT2D eigenvalue weighted by Crippen LogP contribution is -2.19. The predicted octanol–water partition coefficient (Wildman–Crippen LogP) is 7.63. The van der Waals surface area contributed by atoms with Gasteiger partial charge in [0, 0.05) is 17.8 Å². The monoisotopic (exact) mass is 444 g/mol. The van der Waals surface area contributed by atoms with Crippen molar-refractivity contribution in [3.05, 3.63) is 99.2 Å². The molecule has 1 atom stereocenters. The number of halogens is 4. The van der Waals surface area contributed by atoms with Gasteiger partial charge in [0.15, 0.2) is 0 Å². The number of aryl methyl sites for hydroxylation is 3. The van der Waals surface area contributed by atoms with Crippen molar-refractivity contribution >= 4 is 23.5 Å². The lowest BCUT2D eigenvalue weighted by atomic mass is 9.93. The van der Waals surface area contributed by atoms with E-state index < -0.39 is 12.1 Å². The van der Waals surface area contributed by atoms with Crippen LogP contribution in [0.1, 0.15) is 39.3 Å². The summed E-state index contributed by atoms with van der Waals surface area (Å²) in [4.78, 5) is 4.22. The normalized spacial score (nSPS) is 12.9. The third-order valence-corrected chi connectivity index (χ3v) is 5.74. The van der Waals surface area contributed by atoms with Crippen LogP contribution in [0.3, 0.4) is 0 Å². The Morgan fingerprint density at radius 3 is 2.29 bits per heavy atom. The molecule has 0 saturated carbocycles. The third-order valence-electron chi connectivity index (χ3n) is 5.14. The van der Waals surface area contributed by atoms with Gasteiger partial charge >= 0.3 is 6.18 Å². The Balaban J connectivity index is 1.80. The fourth-order valence-electron chi connectivity index (χ4n) is 3.45. The lowest BCUT2D eigenvalue weighted by molar-refractivity contribution is -0.139. The second kappa shape index (κ2) is 9.56. The van der Waals surface area contributed by atoms with E-state index in [-0.39, 0.29) is 5.56 Å². The summed E-state index contributed by atoms with van der Waals surface area (Å²) in [5.74, 6) is -0.930. The molecule has 0 amide bonds. The van der Waals surface area contributed by atoms with Crippen LogP contribution in [0.25, 0.3) is 6.08 Å². The standard InChI is InChI=1S/C25H24ClF3N2/c1-16-12-19(7-9-20(16)15-31-23-6-4-5-11-30-23)8-10-22(25(27,28)29)21-13-17(2)24(26)18(3)14-21/h4-14,22H,15H2,1-3H3,(H,30,31)/b10-8+. The van der Waals surface area contributed by atoms with E-state index in [0.717, 1.165) is 22.5 Å². The van der Waals surface area contributed by atoms with E-state index in [0.29, 0.717) is 22.7 Å². The first-order valence-electron chi connectivity index (χ1n) is 9.91. The van der Waals surface area contributed by atoms with Crippen LogP contribution in [0.15, 0.2) is 60.8 Å². The molecule has 1 aromatic heterocycles. The van der Waals surface area contributed by atoms with Gasteiger partial charge in [-0.15, -0.1) is 0 Å². The van der Waals surface area contributed by atoms with Gasteiger partial charge in [0.1, 0.15) is 5.82 Å². The van der Waals surface area contributed by atoms with E-state index in [9.17, 15) is 13.2 Å². The molecule has 0 radical (unpaired) electrons. The summed E-state index contributed by atoms with van der Waals surface area (Å²) in [5.41, 5.74) is 4.23. The van der Waals surface area contributed by atoms with Gasteiger partial charge in [0.05, 0.1) is 5.92 Å². The molecule has 2 nitrogen and oxygen atoms in total. The minimum Gasteiger partial charge on any atom is -0.366 e. The molecule has 0 aliphatic carbocycles. The quantitative estimate of drug-likeness (QED) is 0.422. The first-order chi connectivity index (χ1) is 14.6. The number of nitrogens with zero attached hydrogens (tertiary/aromatic N) is 1. The zero-order valence-corrected chi connectivity index (χ0v) is 18.4. The summed E-state index contributed by atoms with van der Waals surface area (Å²) in [6, 6.07) is 14.3. The highest BCUT2D eigenvalue weighted by Crippen LogP contribution is 2.38. The Labute approximate surface area is 185 Å². The minimum atomic E-state index is -4.40. The molecule has 3 rings (SSSR count). The van der Waals surface area contributed by atoms with Gasteiger partial charge in [0.25, 0.3) is 0 Å². The average molecular weight is 445 g/mol. The van der Waals surface area contributed by atoms with Crippen LogP contribution in [-0.2, 0) is 6.54 Å². The number of pyridine rings is 1. The van der Waals surface area contributed by atoms with Crippen LogP contribution in [0, 0.1) is 20.8 Å². The number of alkyl halides is 3. The highest BCUT2D eigenvalue weighted by Gasteiger charge is 2.39. The molecule has 0 saturated heterocycles. The Bertz CT molecular complexity index is 1050. The maximum Gasteiger partial charge on any atom is 0.399 e. The average Bonchev–Trinajstić information content (AvgIpc) is 2.71. The molecule has 6 heteroatoms. The molecule has 2 aromatic carbocycles. The molecular formula is C25H24ClF3N2. The Hall–Kier alpha value is -2.79. The molecular weight excluding hydrogens is 421 g/mol. The van der Waals surface area contributed by atoms with Crippen molar-refractivity contribution in [3.63, 3.8) is 0 Å². The van der Waals surface area contributed by atoms with Gasteiger partial charge in [-0.1, -0.05) is 60.2 Å². The summed E-state index contributed by atoms with van der Waals surface area (Å²) >= 11 is 6.13. The van der Waals surface area contributed by atoms with E-state index >= 15 is 0 Å². The van der Waals surface area contributed by atoms with E-state index in [1.54, 1.807) is 20.0 Å². The SMILES string of the molecule is Cc1cc(/C=C/C(c2cc(C)c(Cl)c(C)c2)C(F)(F)F)ccc1CNc1ccccn1. The fraction of sp³-hybridized carbons (Fsp3) is 0.240. The first-order valence-corrected chi connectivity index (χ1v) is 10.3. The maximum absolute atomic E-state index is 13.8. The van der Waals surface area contributed by atoms with Gasteiger partial charge in [-0.05, 0) is 66.3 Å². The fourth-order valence-corrected chi connectivity index (χ4v) is 3.56. The first kappa shape index (κ1) is 22.9. The number of benzene rings is 2. The summed E-state index contributed by atoms with van der Waals surface area (Å²) in [6.07, 6.45) is 0.0533. The van der Waals surface area contributed by atoms with Crippen LogP contribution < -0.4 is 5.32 Å². The van der Waals surface area contributed by atoms with Crippen LogP contribution in [0.4, 0.5) is 19.0 Å². The van der Waals surface area contributed by atoms with E-state index in [2.05, 4.69) is 10.3 Å². The van der Waals surface area contributed by atoms with E-state index in [1.165, 1.54) is 24.3 Å². The van der Waals surface area contributed by atoms with Crippen molar-refractivity contribution in [1.82, 2.24) is 4.98 Å². The van der Waals surface area contributed by atoms with Crippen LogP contribution in [0.2, 0.25) is 5.02 Å². The topological polar surface area (TPSA) is 24.9 Å². The van der Waals surface area contributed by atoms with Crippen molar-refractivity contribution in [3.8, 4) is 0 Å². The predicted molar refractivity (Wildman–Crippen MR) is 121 cm³/mol. The van der Waals surface area contributed by atoms with Gasteiger partial charge in [-0.25, -0.2) is 4.98 Å². The van der Waals surface area contributed by atoms with Gasteiger partial charge in [-0.2, -0.15) is 13.2 Å². The smallest absolute Gasteiger partial charge is 0.366 e. The summed E-state index contributed by atoms with van der Waals surface area (Å²) in [7, 11) is 0. The molecule has 0 aliphatic heterocycles. The summed E-state index contributed by atoms with van der Waals surface area (Å²) < 4.78 is 41.3. The zero-order chi connectivity index (χ0) is 22.6. The van der Waals surface area contributed by atoms with Gasteiger partial charge < -0.3 is 5.32 Å². The Morgan fingerprint density at radius 2 is 1.71 bits per heavy atom. The van der Waals surface area contributed by atoms with Crippen molar-refractivity contribution < 1.29 is 13.2 Å². The van der Waals surface area contributed by atoms with Gasteiger partial charge in [-0.3, -0.25) is 0 Å². The number of anilines is 1. The molecule has 0 bridgehead atoms. The summed E-state index contributed by atoms with van der Waals surface area (Å²) in [5, 5.41) is 3.74. The highest BCUT2D eigenvalue weighted by molar-refractivity contribution is 6.32. The largest absolute Gasteiger partial charge is 0.399 e. The third kappa shape index (κ3) is 5.88. The Kier molecular flexibility index (Phi) is 7.06. The minimum absolute atomic E-state index is 0.191. The summed E-state index contributed by atoms with van der Waals surface area (Å²) in [6.45, 7) is 5.97. The maximum atomic E-state index is 13.8. The second-order valence-corrected chi connectivity index (χ2v) is 7.98. The lowest BCUT2D eigenvalue weighted by Gasteiger charge is -2.19. The van der Waals surface area contributed by atoms with Gasteiger partial charge in [0.2, 0.25) is 0 Å². The number of rotatable bonds is 6. The van der Waals surface area contributed by atoms with Crippen LogP contribution in [0.5, 0.6) is 0 Å². The molecule has 1 heterocycles.